The van der Waals surface area contributed by atoms with Crippen LogP contribution in [0.25, 0.3) is 0 Å². The topological polar surface area (TPSA) is 102 Å². The summed E-state index contributed by atoms with van der Waals surface area (Å²) in [5.74, 6) is -1.42. The van der Waals surface area contributed by atoms with E-state index in [0.29, 0.717) is 26.9 Å². The molecule has 3 amide bonds. The maximum Gasteiger partial charge on any atom is 0.408 e. The lowest BCUT2D eigenvalue weighted by atomic mass is 10.1. The van der Waals surface area contributed by atoms with Crippen molar-refractivity contribution in [1.82, 2.24) is 5.32 Å². The summed E-state index contributed by atoms with van der Waals surface area (Å²) in [4.78, 5) is 50.8. The van der Waals surface area contributed by atoms with Crippen LogP contribution in [0.4, 0.5) is 10.5 Å². The summed E-state index contributed by atoms with van der Waals surface area (Å²) in [5, 5.41) is 2.51. The van der Waals surface area contributed by atoms with Crippen LogP contribution in [-0.4, -0.2) is 42.6 Å². The van der Waals surface area contributed by atoms with Gasteiger partial charge >= 0.3 is 12.1 Å². The first-order valence-electron chi connectivity index (χ1n) is 9.85. The van der Waals surface area contributed by atoms with Gasteiger partial charge in [-0.15, -0.1) is 0 Å². The minimum absolute atomic E-state index is 0.140. The van der Waals surface area contributed by atoms with Gasteiger partial charge in [-0.25, -0.2) is 14.5 Å². The molecule has 3 rings (SSSR count). The summed E-state index contributed by atoms with van der Waals surface area (Å²) in [5.41, 5.74) is 1.06. The average molecular weight is 503 g/mol. The summed E-state index contributed by atoms with van der Waals surface area (Å²) < 4.78 is 10.7. The third-order valence-corrected chi connectivity index (χ3v) is 5.15. The zero-order valence-corrected chi connectivity index (χ0v) is 19.7. The number of alkyl carbamates (subject to hydrolysis) is 1. The van der Waals surface area contributed by atoms with Crippen molar-refractivity contribution >= 4 is 45.5 Å². The summed E-state index contributed by atoms with van der Waals surface area (Å²) in [6.45, 7) is 5.16. The normalized spacial score (nSPS) is 14.1. The quantitative estimate of drug-likeness (QED) is 0.491. The van der Waals surface area contributed by atoms with Crippen LogP contribution in [0.3, 0.4) is 0 Å². The molecule has 0 spiro atoms. The van der Waals surface area contributed by atoms with E-state index in [1.54, 1.807) is 63.2 Å². The number of benzene rings is 2. The van der Waals surface area contributed by atoms with Crippen molar-refractivity contribution in [2.45, 2.75) is 38.8 Å². The second-order valence-corrected chi connectivity index (χ2v) is 9.14. The Hall–Kier alpha value is -3.20. The zero-order valence-electron chi connectivity index (χ0n) is 18.1. The molecule has 1 atom stereocenters. The maximum absolute atomic E-state index is 12.7. The Balaban J connectivity index is 1.76. The van der Waals surface area contributed by atoms with E-state index in [-0.39, 0.29) is 6.42 Å². The molecule has 1 heterocycles. The number of nitrogens with zero attached hydrogens (tertiary/aromatic N) is 1. The lowest BCUT2D eigenvalue weighted by Crippen LogP contribution is -2.45. The van der Waals surface area contributed by atoms with Crippen molar-refractivity contribution in [2.75, 3.05) is 12.0 Å². The fraction of sp³-hybridized carbons (Fsp3) is 0.304. The predicted molar refractivity (Wildman–Crippen MR) is 121 cm³/mol. The third-order valence-electron chi connectivity index (χ3n) is 4.66. The first-order valence-corrected chi connectivity index (χ1v) is 10.6. The van der Waals surface area contributed by atoms with E-state index in [0.717, 1.165) is 4.90 Å². The lowest BCUT2D eigenvalue weighted by Gasteiger charge is -2.22. The number of methoxy groups -OCH3 is 1. The van der Waals surface area contributed by atoms with E-state index in [2.05, 4.69) is 21.2 Å². The van der Waals surface area contributed by atoms with Crippen molar-refractivity contribution in [3.8, 4) is 0 Å². The molecule has 0 fully saturated rings. The highest BCUT2D eigenvalue weighted by Gasteiger charge is 2.36. The summed E-state index contributed by atoms with van der Waals surface area (Å²) in [6.07, 6.45) is -0.594. The number of anilines is 1. The molecule has 2 aromatic carbocycles. The van der Waals surface area contributed by atoms with Gasteiger partial charge in [-0.05, 0) is 56.7 Å². The molecule has 1 aliphatic rings. The number of ether oxygens (including phenoxy) is 2. The second kappa shape index (κ2) is 9.12. The molecule has 0 saturated carbocycles. The summed E-state index contributed by atoms with van der Waals surface area (Å²) in [7, 11) is 1.23. The van der Waals surface area contributed by atoms with Crippen molar-refractivity contribution in [2.24, 2.45) is 0 Å². The van der Waals surface area contributed by atoms with E-state index >= 15 is 0 Å². The minimum atomic E-state index is -0.961. The minimum Gasteiger partial charge on any atom is -0.467 e. The smallest absolute Gasteiger partial charge is 0.408 e. The van der Waals surface area contributed by atoms with Crippen LogP contribution in [0, 0.1) is 0 Å². The SMILES string of the molecule is COC(=O)C(Cc1ccc(N2C(=O)c3ccc(Br)cc3C2=O)cc1)NC(=O)OC(C)(C)C. The zero-order chi connectivity index (χ0) is 23.6. The van der Waals surface area contributed by atoms with Gasteiger partial charge in [0.2, 0.25) is 0 Å². The van der Waals surface area contributed by atoms with E-state index in [1.807, 2.05) is 0 Å². The lowest BCUT2D eigenvalue weighted by molar-refractivity contribution is -0.143. The molecular formula is C23H23BrN2O6. The van der Waals surface area contributed by atoms with E-state index in [4.69, 9.17) is 9.47 Å². The number of esters is 1. The number of nitrogens with one attached hydrogen (secondary N) is 1. The van der Waals surface area contributed by atoms with Crippen LogP contribution in [0.5, 0.6) is 0 Å². The van der Waals surface area contributed by atoms with E-state index in [9.17, 15) is 19.2 Å². The van der Waals surface area contributed by atoms with Gasteiger partial charge in [0.05, 0.1) is 23.9 Å². The molecule has 0 saturated heterocycles. The highest BCUT2D eigenvalue weighted by molar-refractivity contribution is 9.10. The van der Waals surface area contributed by atoms with Crippen LogP contribution >= 0.6 is 15.9 Å². The Morgan fingerprint density at radius 2 is 1.66 bits per heavy atom. The molecule has 0 aliphatic carbocycles. The van der Waals surface area contributed by atoms with E-state index in [1.165, 1.54) is 7.11 Å². The number of hydrogen-bond donors (Lipinski definition) is 1. The van der Waals surface area contributed by atoms with Crippen LogP contribution in [-0.2, 0) is 20.7 Å². The number of carbonyl (C=O) groups excluding carboxylic acids is 4. The van der Waals surface area contributed by atoms with Crippen molar-refractivity contribution in [3.05, 3.63) is 63.6 Å². The molecule has 9 heteroatoms. The van der Waals surface area contributed by atoms with Gasteiger partial charge in [-0.1, -0.05) is 28.1 Å². The molecule has 168 valence electrons. The Bertz CT molecular complexity index is 1070. The molecule has 1 N–H and O–H groups in total. The van der Waals surface area contributed by atoms with Gasteiger partial charge < -0.3 is 14.8 Å². The molecule has 1 unspecified atom stereocenters. The highest BCUT2D eigenvalue weighted by Crippen LogP contribution is 2.30. The predicted octanol–water partition coefficient (Wildman–Crippen LogP) is 3.86. The second-order valence-electron chi connectivity index (χ2n) is 8.23. The number of hydrogen-bond acceptors (Lipinski definition) is 6. The van der Waals surface area contributed by atoms with Gasteiger partial charge in [-0.3, -0.25) is 9.59 Å². The fourth-order valence-corrected chi connectivity index (χ4v) is 3.61. The Kier molecular flexibility index (Phi) is 6.68. The fourth-order valence-electron chi connectivity index (χ4n) is 3.25. The summed E-state index contributed by atoms with van der Waals surface area (Å²) >= 11 is 3.31. The Morgan fingerprint density at radius 3 is 2.25 bits per heavy atom. The summed E-state index contributed by atoms with van der Waals surface area (Å²) in [6, 6.07) is 10.6. The van der Waals surface area contributed by atoms with Gasteiger partial charge in [0, 0.05) is 10.9 Å². The Labute approximate surface area is 194 Å². The monoisotopic (exact) mass is 502 g/mol. The molecular weight excluding hydrogens is 480 g/mol. The number of fused-ring (bicyclic) bond motifs is 1. The number of carbonyl (C=O) groups is 4. The van der Waals surface area contributed by atoms with E-state index < -0.39 is 35.5 Å². The molecule has 0 aromatic heterocycles. The van der Waals surface area contributed by atoms with Crippen LogP contribution in [0.15, 0.2) is 46.9 Å². The first-order chi connectivity index (χ1) is 15.0. The molecule has 8 nitrogen and oxygen atoms in total. The number of rotatable bonds is 5. The van der Waals surface area contributed by atoms with Gasteiger partial charge in [-0.2, -0.15) is 0 Å². The molecule has 0 radical (unpaired) electrons. The first kappa shape index (κ1) is 23.5. The molecule has 0 bridgehead atoms. The Morgan fingerprint density at radius 1 is 1.03 bits per heavy atom. The van der Waals surface area contributed by atoms with Crippen molar-refractivity contribution in [1.29, 1.82) is 0 Å². The van der Waals surface area contributed by atoms with Crippen LogP contribution < -0.4 is 10.2 Å². The maximum atomic E-state index is 12.7. The molecule has 2 aromatic rings. The third kappa shape index (κ3) is 5.16. The van der Waals surface area contributed by atoms with Gasteiger partial charge in [0.25, 0.3) is 11.8 Å². The van der Waals surface area contributed by atoms with Crippen molar-refractivity contribution < 1.29 is 28.7 Å². The molecule has 32 heavy (non-hydrogen) atoms. The van der Waals surface area contributed by atoms with Gasteiger partial charge in [0.15, 0.2) is 0 Å². The van der Waals surface area contributed by atoms with Crippen molar-refractivity contribution in [3.63, 3.8) is 0 Å². The highest BCUT2D eigenvalue weighted by atomic mass is 79.9. The van der Waals surface area contributed by atoms with Crippen LogP contribution in [0.2, 0.25) is 0 Å². The largest absolute Gasteiger partial charge is 0.467 e. The average Bonchev–Trinajstić information content (AvgIpc) is 2.96. The van der Waals surface area contributed by atoms with Gasteiger partial charge in [0.1, 0.15) is 11.6 Å². The number of halogens is 1. The van der Waals surface area contributed by atoms with Crippen LogP contribution in [0.1, 0.15) is 47.1 Å². The molecule has 1 aliphatic heterocycles. The standard InChI is InChI=1S/C23H23BrN2O6/c1-23(2,3)32-22(30)25-18(21(29)31-4)11-13-5-8-15(9-6-13)26-19(27)16-10-7-14(24)12-17(16)20(26)28/h5-10,12,18H,11H2,1-4H3,(H,25,30). The number of amides is 3. The number of imide groups is 1.